The molecule has 0 spiro atoms. The first-order chi connectivity index (χ1) is 7.58. The normalized spacial score (nSPS) is 23.7. The van der Waals surface area contributed by atoms with Gasteiger partial charge in [-0.2, -0.15) is 0 Å². The summed E-state index contributed by atoms with van der Waals surface area (Å²) in [5.41, 5.74) is 0. The van der Waals surface area contributed by atoms with Crippen LogP contribution in [0.5, 0.6) is 0 Å². The van der Waals surface area contributed by atoms with E-state index in [-0.39, 0.29) is 12.0 Å². The van der Waals surface area contributed by atoms with Gasteiger partial charge in [-0.05, 0) is 34.1 Å². The Morgan fingerprint density at radius 2 is 2.31 bits per heavy atom. The molecule has 0 aromatic rings. The lowest BCUT2D eigenvalue weighted by atomic mass is 10.2. The number of rotatable bonds is 5. The maximum atomic E-state index is 11.4. The molecule has 2 unspecified atom stereocenters. The summed E-state index contributed by atoms with van der Waals surface area (Å²) in [6.07, 6.45) is 1.17. The Balaban J connectivity index is 2.40. The summed E-state index contributed by atoms with van der Waals surface area (Å²) in [6.45, 7) is 2.81. The average molecular weight is 229 g/mol. The van der Waals surface area contributed by atoms with Gasteiger partial charge in [-0.1, -0.05) is 0 Å². The van der Waals surface area contributed by atoms with E-state index in [1.54, 1.807) is 7.05 Å². The van der Waals surface area contributed by atoms with Crippen LogP contribution in [0.15, 0.2) is 0 Å². The van der Waals surface area contributed by atoms with Crippen molar-refractivity contribution in [3.05, 3.63) is 0 Å². The van der Waals surface area contributed by atoms with Gasteiger partial charge < -0.3 is 15.0 Å². The highest BCUT2D eigenvalue weighted by atomic mass is 16.5. The molecule has 0 aromatic heterocycles. The van der Waals surface area contributed by atoms with E-state index in [0.29, 0.717) is 6.04 Å². The number of hydrogen-bond donors (Lipinski definition) is 1. The molecule has 16 heavy (non-hydrogen) atoms. The van der Waals surface area contributed by atoms with Gasteiger partial charge >= 0.3 is 5.97 Å². The maximum Gasteiger partial charge on any atom is 0.324 e. The Morgan fingerprint density at radius 1 is 1.62 bits per heavy atom. The van der Waals surface area contributed by atoms with Crippen LogP contribution in [0.3, 0.4) is 0 Å². The van der Waals surface area contributed by atoms with Gasteiger partial charge in [0.25, 0.3) is 0 Å². The van der Waals surface area contributed by atoms with Crippen LogP contribution >= 0.6 is 0 Å². The molecule has 1 aliphatic rings. The maximum absolute atomic E-state index is 11.4. The fourth-order valence-corrected chi connectivity index (χ4v) is 2.08. The molecule has 0 aliphatic carbocycles. The molecule has 1 aliphatic heterocycles. The second kappa shape index (κ2) is 6.18. The smallest absolute Gasteiger partial charge is 0.324 e. The number of ether oxygens (including phenoxy) is 1. The third kappa shape index (κ3) is 3.43. The molecule has 5 nitrogen and oxygen atoms in total. The molecule has 1 heterocycles. The number of nitrogens with one attached hydrogen (secondary N) is 1. The topological polar surface area (TPSA) is 44.8 Å². The lowest BCUT2D eigenvalue weighted by Crippen LogP contribution is -2.45. The largest absolute Gasteiger partial charge is 0.468 e. The molecule has 0 saturated carbocycles. The fourth-order valence-electron chi connectivity index (χ4n) is 2.08. The zero-order valence-electron chi connectivity index (χ0n) is 10.7. The predicted molar refractivity (Wildman–Crippen MR) is 63.4 cm³/mol. The van der Waals surface area contributed by atoms with Crippen molar-refractivity contribution in [3.63, 3.8) is 0 Å². The third-order valence-electron chi connectivity index (χ3n) is 3.25. The molecular weight excluding hydrogens is 206 g/mol. The van der Waals surface area contributed by atoms with Crippen LogP contribution in [0.4, 0.5) is 0 Å². The van der Waals surface area contributed by atoms with Gasteiger partial charge in [0.1, 0.15) is 6.04 Å². The summed E-state index contributed by atoms with van der Waals surface area (Å²) in [7, 11) is 7.43. The molecule has 2 atom stereocenters. The van der Waals surface area contributed by atoms with Crippen molar-refractivity contribution in [2.24, 2.45) is 0 Å². The summed E-state index contributed by atoms with van der Waals surface area (Å²) in [5.74, 6) is -0.184. The lowest BCUT2D eigenvalue weighted by molar-refractivity contribution is -0.143. The van der Waals surface area contributed by atoms with E-state index in [4.69, 9.17) is 4.74 Å². The number of esters is 1. The van der Waals surface area contributed by atoms with Crippen molar-refractivity contribution in [3.8, 4) is 0 Å². The molecule has 0 aromatic carbocycles. The number of carbonyl (C=O) groups excluding carboxylic acids is 1. The van der Waals surface area contributed by atoms with Gasteiger partial charge in [-0.3, -0.25) is 9.69 Å². The lowest BCUT2D eigenvalue weighted by Gasteiger charge is -2.23. The highest BCUT2D eigenvalue weighted by Crippen LogP contribution is 2.13. The molecule has 94 valence electrons. The fraction of sp³-hybridized carbons (Fsp3) is 0.909. The second-order valence-corrected chi connectivity index (χ2v) is 4.53. The average Bonchev–Trinajstić information content (AvgIpc) is 2.73. The van der Waals surface area contributed by atoms with Crippen LogP contribution in [-0.4, -0.2) is 75.7 Å². The third-order valence-corrected chi connectivity index (χ3v) is 3.25. The first-order valence-electron chi connectivity index (χ1n) is 5.72. The van der Waals surface area contributed by atoms with Crippen LogP contribution in [0.25, 0.3) is 0 Å². The van der Waals surface area contributed by atoms with E-state index >= 15 is 0 Å². The van der Waals surface area contributed by atoms with E-state index < -0.39 is 0 Å². The SMILES string of the molecule is CNC(CN1CCC(N(C)C)C1)C(=O)OC. The minimum Gasteiger partial charge on any atom is -0.468 e. The summed E-state index contributed by atoms with van der Waals surface area (Å²) in [6, 6.07) is 0.390. The first-order valence-corrected chi connectivity index (χ1v) is 5.72. The van der Waals surface area contributed by atoms with E-state index in [1.165, 1.54) is 13.5 Å². The number of methoxy groups -OCH3 is 1. The van der Waals surface area contributed by atoms with Gasteiger partial charge in [-0.25, -0.2) is 0 Å². The summed E-state index contributed by atoms with van der Waals surface area (Å²) < 4.78 is 4.75. The van der Waals surface area contributed by atoms with Gasteiger partial charge in [0.05, 0.1) is 7.11 Å². The van der Waals surface area contributed by atoms with Crippen molar-refractivity contribution < 1.29 is 9.53 Å². The standard InChI is InChI=1S/C11H23N3O2/c1-12-10(11(15)16-4)8-14-6-5-9(7-14)13(2)3/h9-10,12H,5-8H2,1-4H3. The Labute approximate surface area is 97.7 Å². The molecule has 1 saturated heterocycles. The van der Waals surface area contributed by atoms with E-state index in [1.807, 2.05) is 0 Å². The number of nitrogens with zero attached hydrogens (tertiary/aromatic N) is 2. The summed E-state index contributed by atoms with van der Waals surface area (Å²) in [4.78, 5) is 16.0. The van der Waals surface area contributed by atoms with Crippen molar-refractivity contribution in [2.45, 2.75) is 18.5 Å². The van der Waals surface area contributed by atoms with Gasteiger partial charge in [0, 0.05) is 19.1 Å². The first kappa shape index (κ1) is 13.4. The zero-order chi connectivity index (χ0) is 12.1. The molecular formula is C11H23N3O2. The van der Waals surface area contributed by atoms with Crippen LogP contribution in [0.2, 0.25) is 0 Å². The van der Waals surface area contributed by atoms with Crippen molar-refractivity contribution >= 4 is 5.97 Å². The summed E-state index contributed by atoms with van der Waals surface area (Å²) >= 11 is 0. The quantitative estimate of drug-likeness (QED) is 0.637. The van der Waals surface area contributed by atoms with E-state index in [2.05, 4.69) is 29.2 Å². The van der Waals surface area contributed by atoms with Crippen LogP contribution in [0, 0.1) is 0 Å². The molecule has 0 amide bonds. The van der Waals surface area contributed by atoms with Gasteiger partial charge in [0.15, 0.2) is 0 Å². The second-order valence-electron chi connectivity index (χ2n) is 4.53. The van der Waals surface area contributed by atoms with E-state index in [0.717, 1.165) is 19.6 Å². The Hall–Kier alpha value is -0.650. The number of carbonyl (C=O) groups is 1. The molecule has 5 heteroatoms. The van der Waals surface area contributed by atoms with Crippen molar-refractivity contribution in [1.29, 1.82) is 0 Å². The minimum atomic E-state index is -0.217. The monoisotopic (exact) mass is 229 g/mol. The van der Waals surface area contributed by atoms with Crippen LogP contribution in [0.1, 0.15) is 6.42 Å². The Kier molecular flexibility index (Phi) is 5.18. The predicted octanol–water partition coefficient (Wildman–Crippen LogP) is -0.617. The molecule has 0 bridgehead atoms. The molecule has 1 N–H and O–H groups in total. The highest BCUT2D eigenvalue weighted by molar-refractivity contribution is 5.75. The summed E-state index contributed by atoms with van der Waals surface area (Å²) in [5, 5.41) is 2.99. The van der Waals surface area contributed by atoms with E-state index in [9.17, 15) is 4.79 Å². The van der Waals surface area contributed by atoms with Crippen LogP contribution < -0.4 is 5.32 Å². The van der Waals surface area contributed by atoms with Crippen molar-refractivity contribution in [2.75, 3.05) is 47.9 Å². The molecule has 1 rings (SSSR count). The Bertz CT molecular complexity index is 233. The molecule has 0 radical (unpaired) electrons. The number of likely N-dealkylation sites (tertiary alicyclic amines) is 1. The van der Waals surface area contributed by atoms with Crippen LogP contribution in [-0.2, 0) is 9.53 Å². The number of hydrogen-bond acceptors (Lipinski definition) is 5. The Morgan fingerprint density at radius 3 is 2.75 bits per heavy atom. The highest BCUT2D eigenvalue weighted by Gasteiger charge is 2.27. The van der Waals surface area contributed by atoms with Gasteiger partial charge in [-0.15, -0.1) is 0 Å². The minimum absolute atomic E-state index is 0.184. The molecule has 1 fully saturated rings. The van der Waals surface area contributed by atoms with Crippen molar-refractivity contribution in [1.82, 2.24) is 15.1 Å². The number of likely N-dealkylation sites (N-methyl/N-ethyl adjacent to an activating group) is 2. The van der Waals surface area contributed by atoms with Gasteiger partial charge in [0.2, 0.25) is 0 Å². The zero-order valence-corrected chi connectivity index (χ0v) is 10.7.